The van der Waals surface area contributed by atoms with E-state index >= 15 is 0 Å². The maximum atomic E-state index is 5.35. The van der Waals surface area contributed by atoms with Gasteiger partial charge in [0.25, 0.3) is 0 Å². The minimum atomic E-state index is 0.732. The summed E-state index contributed by atoms with van der Waals surface area (Å²) in [6.45, 7) is 0.732. The fourth-order valence-electron chi connectivity index (χ4n) is 1.04. The van der Waals surface area contributed by atoms with Crippen molar-refractivity contribution in [2.75, 3.05) is 6.54 Å². The molecule has 1 aliphatic carbocycles. The summed E-state index contributed by atoms with van der Waals surface area (Å²) in [6, 6.07) is 0. The van der Waals surface area contributed by atoms with Gasteiger partial charge in [-0.1, -0.05) is 42.5 Å². The number of rotatable bonds is 3. The van der Waals surface area contributed by atoms with Crippen molar-refractivity contribution in [1.82, 2.24) is 0 Å². The molecule has 0 heterocycles. The van der Waals surface area contributed by atoms with Crippen LogP contribution in [0.5, 0.6) is 0 Å². The SMILES string of the molecule is NCC/C=C\C=C1\C=CC=CC1. The van der Waals surface area contributed by atoms with E-state index in [0.717, 1.165) is 19.4 Å². The summed E-state index contributed by atoms with van der Waals surface area (Å²) in [5, 5.41) is 0. The number of hydrogen-bond acceptors (Lipinski definition) is 1. The highest BCUT2D eigenvalue weighted by atomic mass is 14.5. The van der Waals surface area contributed by atoms with E-state index in [1.54, 1.807) is 0 Å². The lowest BCUT2D eigenvalue weighted by molar-refractivity contribution is 1.01. The smallest absolute Gasteiger partial charge is 0.00425 e. The first-order valence-corrected chi connectivity index (χ1v) is 4.32. The van der Waals surface area contributed by atoms with Gasteiger partial charge < -0.3 is 5.73 Å². The molecule has 0 amide bonds. The summed E-state index contributed by atoms with van der Waals surface area (Å²) in [4.78, 5) is 0. The molecular weight excluding hydrogens is 146 g/mol. The fraction of sp³-hybridized carbons (Fsp3) is 0.273. The maximum absolute atomic E-state index is 5.35. The van der Waals surface area contributed by atoms with Gasteiger partial charge in [0.15, 0.2) is 0 Å². The van der Waals surface area contributed by atoms with Gasteiger partial charge in [0, 0.05) is 0 Å². The Morgan fingerprint density at radius 1 is 1.42 bits per heavy atom. The number of nitrogens with two attached hydrogens (primary N) is 1. The third-order valence-corrected chi connectivity index (χ3v) is 1.69. The van der Waals surface area contributed by atoms with Crippen LogP contribution >= 0.6 is 0 Å². The second-order valence-electron chi connectivity index (χ2n) is 2.74. The molecule has 0 fully saturated rings. The van der Waals surface area contributed by atoms with Crippen LogP contribution < -0.4 is 5.73 Å². The molecule has 2 N–H and O–H groups in total. The highest BCUT2D eigenvalue weighted by Crippen LogP contribution is 2.09. The van der Waals surface area contributed by atoms with Crippen LogP contribution in [0, 0.1) is 0 Å². The van der Waals surface area contributed by atoms with E-state index in [1.807, 2.05) is 0 Å². The van der Waals surface area contributed by atoms with E-state index in [0.29, 0.717) is 0 Å². The van der Waals surface area contributed by atoms with Crippen LogP contribution in [0.15, 0.2) is 48.1 Å². The van der Waals surface area contributed by atoms with Gasteiger partial charge in [0.1, 0.15) is 0 Å². The van der Waals surface area contributed by atoms with Gasteiger partial charge in [0.05, 0.1) is 0 Å². The molecule has 0 radical (unpaired) electrons. The lowest BCUT2D eigenvalue weighted by Gasteiger charge is -1.98. The summed E-state index contributed by atoms with van der Waals surface area (Å²) in [5.41, 5.74) is 6.70. The average molecular weight is 161 g/mol. The molecule has 0 aromatic carbocycles. The molecule has 64 valence electrons. The Balaban J connectivity index is 2.36. The Bertz CT molecular complexity index is 231. The van der Waals surface area contributed by atoms with Crippen LogP contribution in [0.2, 0.25) is 0 Å². The van der Waals surface area contributed by atoms with Gasteiger partial charge in [0.2, 0.25) is 0 Å². The fourth-order valence-corrected chi connectivity index (χ4v) is 1.04. The van der Waals surface area contributed by atoms with Crippen LogP contribution in [0.4, 0.5) is 0 Å². The summed E-state index contributed by atoms with van der Waals surface area (Å²) < 4.78 is 0. The van der Waals surface area contributed by atoms with E-state index in [1.165, 1.54) is 5.57 Å². The van der Waals surface area contributed by atoms with Gasteiger partial charge in [-0.25, -0.2) is 0 Å². The predicted octanol–water partition coefficient (Wildman–Crippen LogP) is 2.33. The quantitative estimate of drug-likeness (QED) is 0.675. The Labute approximate surface area is 74.0 Å². The van der Waals surface area contributed by atoms with Crippen molar-refractivity contribution in [2.24, 2.45) is 5.73 Å². The molecule has 1 rings (SSSR count). The third-order valence-electron chi connectivity index (χ3n) is 1.69. The number of allylic oxidation sites excluding steroid dienone is 7. The second-order valence-corrected chi connectivity index (χ2v) is 2.74. The summed E-state index contributed by atoms with van der Waals surface area (Å²) in [7, 11) is 0. The van der Waals surface area contributed by atoms with Crippen molar-refractivity contribution < 1.29 is 0 Å². The topological polar surface area (TPSA) is 26.0 Å². The largest absolute Gasteiger partial charge is 0.330 e. The highest BCUT2D eigenvalue weighted by molar-refractivity contribution is 5.32. The monoisotopic (exact) mass is 161 g/mol. The summed E-state index contributed by atoms with van der Waals surface area (Å²) in [6.07, 6.45) is 16.7. The molecule has 0 bridgehead atoms. The average Bonchev–Trinajstić information content (AvgIpc) is 2.14. The van der Waals surface area contributed by atoms with Crippen molar-refractivity contribution >= 4 is 0 Å². The lowest BCUT2D eigenvalue weighted by atomic mass is 10.1. The molecule has 0 aliphatic heterocycles. The summed E-state index contributed by atoms with van der Waals surface area (Å²) >= 11 is 0. The highest BCUT2D eigenvalue weighted by Gasteiger charge is 1.89. The van der Waals surface area contributed by atoms with Crippen LogP contribution in [-0.4, -0.2) is 6.54 Å². The van der Waals surface area contributed by atoms with Gasteiger partial charge in [-0.05, 0) is 25.0 Å². The van der Waals surface area contributed by atoms with Gasteiger partial charge in [-0.2, -0.15) is 0 Å². The molecule has 0 aromatic rings. The van der Waals surface area contributed by atoms with Crippen LogP contribution in [0.25, 0.3) is 0 Å². The predicted molar refractivity (Wildman–Crippen MR) is 53.8 cm³/mol. The molecule has 0 saturated carbocycles. The first-order valence-electron chi connectivity index (χ1n) is 4.32. The lowest BCUT2D eigenvalue weighted by Crippen LogP contribution is -1.94. The molecule has 12 heavy (non-hydrogen) atoms. The molecular formula is C11H15N. The van der Waals surface area contributed by atoms with Crippen molar-refractivity contribution in [1.29, 1.82) is 0 Å². The zero-order valence-electron chi connectivity index (χ0n) is 7.24. The van der Waals surface area contributed by atoms with E-state index in [-0.39, 0.29) is 0 Å². The van der Waals surface area contributed by atoms with Crippen LogP contribution in [-0.2, 0) is 0 Å². The normalized spacial score (nSPS) is 19.6. The Hall–Kier alpha value is -1.08. The molecule has 0 aromatic heterocycles. The molecule has 0 unspecified atom stereocenters. The van der Waals surface area contributed by atoms with Crippen molar-refractivity contribution in [3.63, 3.8) is 0 Å². The Morgan fingerprint density at radius 3 is 3.00 bits per heavy atom. The van der Waals surface area contributed by atoms with Gasteiger partial charge >= 0.3 is 0 Å². The first-order chi connectivity index (χ1) is 5.93. The molecule has 1 heteroatoms. The minimum Gasteiger partial charge on any atom is -0.330 e. The first kappa shape index (κ1) is 9.01. The molecule has 1 aliphatic rings. The molecule has 1 nitrogen and oxygen atoms in total. The molecule has 0 atom stereocenters. The van der Waals surface area contributed by atoms with Crippen LogP contribution in [0.1, 0.15) is 12.8 Å². The van der Waals surface area contributed by atoms with Gasteiger partial charge in [-0.3, -0.25) is 0 Å². The minimum absolute atomic E-state index is 0.732. The zero-order valence-corrected chi connectivity index (χ0v) is 7.24. The van der Waals surface area contributed by atoms with Crippen molar-refractivity contribution in [3.05, 3.63) is 48.1 Å². The third kappa shape index (κ3) is 3.35. The van der Waals surface area contributed by atoms with Crippen molar-refractivity contribution in [3.8, 4) is 0 Å². The van der Waals surface area contributed by atoms with Crippen molar-refractivity contribution in [2.45, 2.75) is 12.8 Å². The Kier molecular flexibility index (Phi) is 4.17. The summed E-state index contributed by atoms with van der Waals surface area (Å²) in [5.74, 6) is 0. The van der Waals surface area contributed by atoms with E-state index in [2.05, 4.69) is 42.5 Å². The standard InChI is InChI=1S/C11H15N/c12-10-6-2-5-9-11-7-3-1-4-8-11/h1-5,7,9H,6,8,10,12H2/b5-2-,11-9-. The molecule has 0 spiro atoms. The van der Waals surface area contributed by atoms with Gasteiger partial charge in [-0.15, -0.1) is 0 Å². The second kappa shape index (κ2) is 5.56. The maximum Gasteiger partial charge on any atom is -0.00425 e. The van der Waals surface area contributed by atoms with Crippen LogP contribution in [0.3, 0.4) is 0 Å². The Morgan fingerprint density at radius 2 is 2.33 bits per heavy atom. The van der Waals surface area contributed by atoms with E-state index < -0.39 is 0 Å². The van der Waals surface area contributed by atoms with E-state index in [9.17, 15) is 0 Å². The zero-order chi connectivity index (χ0) is 8.65. The number of hydrogen-bond donors (Lipinski definition) is 1. The molecule has 0 saturated heterocycles. The van der Waals surface area contributed by atoms with E-state index in [4.69, 9.17) is 5.73 Å².